The fourth-order valence-electron chi connectivity index (χ4n) is 2.55. The lowest BCUT2D eigenvalue weighted by molar-refractivity contribution is 0.831. The van der Waals surface area contributed by atoms with Crippen LogP contribution >= 0.6 is 0 Å². The van der Waals surface area contributed by atoms with Gasteiger partial charge in [-0.3, -0.25) is 0 Å². The molecule has 0 aliphatic rings. The van der Waals surface area contributed by atoms with E-state index in [1.807, 2.05) is 0 Å². The Bertz CT molecular complexity index is 557. The smallest absolute Gasteiger partial charge is 0.0108 e. The van der Waals surface area contributed by atoms with Crippen LogP contribution in [0.15, 0.2) is 30.3 Å². The summed E-state index contributed by atoms with van der Waals surface area (Å²) in [7, 11) is 0. The third-order valence-corrected chi connectivity index (χ3v) is 3.71. The summed E-state index contributed by atoms with van der Waals surface area (Å²) >= 11 is 0. The zero-order valence-corrected chi connectivity index (χ0v) is 13.5. The fraction of sp³-hybridized carbons (Fsp3) is 0.400. The molecule has 0 nitrogen and oxygen atoms in total. The van der Waals surface area contributed by atoms with Gasteiger partial charge in [0.25, 0.3) is 0 Å². The summed E-state index contributed by atoms with van der Waals surface area (Å²) in [6.07, 6.45) is 0. The molecule has 105 valence electrons. The first-order valence-corrected chi connectivity index (χ1v) is 7.52. The molecule has 0 saturated heterocycles. The van der Waals surface area contributed by atoms with Crippen LogP contribution in [0.5, 0.6) is 0 Å². The van der Waals surface area contributed by atoms with Crippen molar-refractivity contribution in [1.29, 1.82) is 0 Å². The number of hydrogen-bond donors (Lipinski definition) is 0. The van der Waals surface area contributed by atoms with E-state index < -0.39 is 0 Å². The number of benzene rings is 2. The molecule has 0 aliphatic heterocycles. The Hall–Kier alpha value is -1.56. The van der Waals surface area contributed by atoms with E-state index in [1.54, 1.807) is 0 Å². The highest BCUT2D eigenvalue weighted by atomic mass is 14.1. The maximum atomic E-state index is 3.58. The van der Waals surface area contributed by atoms with Gasteiger partial charge in [0.05, 0.1) is 0 Å². The van der Waals surface area contributed by atoms with E-state index in [9.17, 15) is 0 Å². The van der Waals surface area contributed by atoms with E-state index in [2.05, 4.69) is 77.9 Å². The predicted molar refractivity (Wildman–Crippen MR) is 88.4 cm³/mol. The molecule has 0 heteroatoms. The fourth-order valence-corrected chi connectivity index (χ4v) is 2.55. The van der Waals surface area contributed by atoms with Gasteiger partial charge in [-0.05, 0) is 54.0 Å². The highest BCUT2D eigenvalue weighted by molar-refractivity contribution is 5.67. The molecule has 0 aromatic heterocycles. The van der Waals surface area contributed by atoms with Gasteiger partial charge >= 0.3 is 0 Å². The molecule has 0 unspecified atom stereocenters. The van der Waals surface area contributed by atoms with Crippen molar-refractivity contribution < 1.29 is 0 Å². The molecule has 1 radical (unpaired) electrons. The van der Waals surface area contributed by atoms with Crippen molar-refractivity contribution >= 4 is 0 Å². The Morgan fingerprint density at radius 3 is 1.45 bits per heavy atom. The van der Waals surface area contributed by atoms with E-state index in [0.29, 0.717) is 11.8 Å². The van der Waals surface area contributed by atoms with Crippen LogP contribution in [0.3, 0.4) is 0 Å². The van der Waals surface area contributed by atoms with Crippen molar-refractivity contribution in [3.05, 3.63) is 58.7 Å². The Kier molecular flexibility index (Phi) is 4.32. The number of hydrogen-bond acceptors (Lipinski definition) is 0. The molecule has 0 bridgehead atoms. The number of aryl methyl sites for hydroxylation is 2. The summed E-state index contributed by atoms with van der Waals surface area (Å²) in [5.74, 6) is 1.02. The SMILES string of the molecule is Cc1cc(C)cc(-c2cc(C(C)C)[c]c(C(C)C)c2)c1. The molecule has 2 aromatic rings. The quantitative estimate of drug-likeness (QED) is 0.636. The van der Waals surface area contributed by atoms with Gasteiger partial charge in [-0.15, -0.1) is 0 Å². The second-order valence-electron chi connectivity index (χ2n) is 6.47. The summed E-state index contributed by atoms with van der Waals surface area (Å²) in [5, 5.41) is 0. The topological polar surface area (TPSA) is 0 Å². The van der Waals surface area contributed by atoms with Gasteiger partial charge < -0.3 is 0 Å². The molecule has 2 rings (SSSR count). The summed E-state index contributed by atoms with van der Waals surface area (Å²) < 4.78 is 0. The summed E-state index contributed by atoms with van der Waals surface area (Å²) in [6, 6.07) is 15.0. The maximum Gasteiger partial charge on any atom is -0.0108 e. The largest absolute Gasteiger partial charge is 0.0587 e. The summed E-state index contributed by atoms with van der Waals surface area (Å²) in [4.78, 5) is 0. The zero-order chi connectivity index (χ0) is 14.9. The first kappa shape index (κ1) is 14.8. The first-order chi connectivity index (χ1) is 9.36. The molecule has 0 heterocycles. The van der Waals surface area contributed by atoms with Crippen molar-refractivity contribution in [3.8, 4) is 11.1 Å². The van der Waals surface area contributed by atoms with Crippen molar-refractivity contribution in [2.24, 2.45) is 0 Å². The second-order valence-corrected chi connectivity index (χ2v) is 6.47. The van der Waals surface area contributed by atoms with Crippen LogP contribution < -0.4 is 0 Å². The Labute approximate surface area is 123 Å². The average molecular weight is 265 g/mol. The van der Waals surface area contributed by atoms with E-state index in [0.717, 1.165) is 0 Å². The van der Waals surface area contributed by atoms with Crippen LogP contribution in [-0.2, 0) is 0 Å². The minimum Gasteiger partial charge on any atom is -0.0587 e. The van der Waals surface area contributed by atoms with Crippen molar-refractivity contribution in [2.75, 3.05) is 0 Å². The average Bonchev–Trinajstić information content (AvgIpc) is 2.36. The monoisotopic (exact) mass is 265 g/mol. The van der Waals surface area contributed by atoms with Gasteiger partial charge in [0.15, 0.2) is 0 Å². The molecule has 0 amide bonds. The van der Waals surface area contributed by atoms with Crippen LogP contribution in [0.4, 0.5) is 0 Å². The lowest BCUT2D eigenvalue weighted by Crippen LogP contribution is -1.96. The summed E-state index contributed by atoms with van der Waals surface area (Å²) in [6.45, 7) is 13.3. The minimum atomic E-state index is 0.512. The molecule has 0 N–H and O–H groups in total. The first-order valence-electron chi connectivity index (χ1n) is 7.52. The van der Waals surface area contributed by atoms with Crippen LogP contribution in [0.25, 0.3) is 11.1 Å². The third kappa shape index (κ3) is 3.30. The summed E-state index contributed by atoms with van der Waals surface area (Å²) in [5.41, 5.74) is 7.91. The van der Waals surface area contributed by atoms with Gasteiger partial charge in [0, 0.05) is 0 Å². The van der Waals surface area contributed by atoms with Crippen molar-refractivity contribution in [1.82, 2.24) is 0 Å². The van der Waals surface area contributed by atoms with Crippen LogP contribution in [-0.4, -0.2) is 0 Å². The van der Waals surface area contributed by atoms with Crippen molar-refractivity contribution in [2.45, 2.75) is 53.4 Å². The van der Waals surface area contributed by atoms with Gasteiger partial charge in [-0.25, -0.2) is 0 Å². The molecule has 0 spiro atoms. The lowest BCUT2D eigenvalue weighted by atomic mass is 9.90. The minimum absolute atomic E-state index is 0.512. The lowest BCUT2D eigenvalue weighted by Gasteiger charge is -2.15. The van der Waals surface area contributed by atoms with Gasteiger partial charge in [0.1, 0.15) is 0 Å². The highest BCUT2D eigenvalue weighted by Crippen LogP contribution is 2.29. The molecule has 2 aromatic carbocycles. The Morgan fingerprint density at radius 1 is 0.650 bits per heavy atom. The van der Waals surface area contributed by atoms with E-state index in [4.69, 9.17) is 0 Å². The predicted octanol–water partition coefficient (Wildman–Crippen LogP) is 6.02. The van der Waals surface area contributed by atoms with Crippen molar-refractivity contribution in [3.63, 3.8) is 0 Å². The molecule has 0 saturated carbocycles. The second kappa shape index (κ2) is 5.83. The zero-order valence-electron chi connectivity index (χ0n) is 13.5. The van der Waals surface area contributed by atoms with E-state index >= 15 is 0 Å². The molecule has 0 atom stereocenters. The third-order valence-electron chi connectivity index (χ3n) is 3.71. The van der Waals surface area contributed by atoms with Gasteiger partial charge in [-0.1, -0.05) is 69.2 Å². The molecule has 0 aliphatic carbocycles. The van der Waals surface area contributed by atoms with E-state index in [1.165, 1.54) is 33.4 Å². The van der Waals surface area contributed by atoms with Crippen LogP contribution in [0.2, 0.25) is 0 Å². The van der Waals surface area contributed by atoms with E-state index in [-0.39, 0.29) is 0 Å². The van der Waals surface area contributed by atoms with Crippen LogP contribution in [0, 0.1) is 19.9 Å². The van der Waals surface area contributed by atoms with Gasteiger partial charge in [-0.2, -0.15) is 0 Å². The Morgan fingerprint density at radius 2 is 1.05 bits per heavy atom. The normalized spacial score (nSPS) is 11.4. The molecular weight excluding hydrogens is 240 g/mol. The Balaban J connectivity index is 2.60. The van der Waals surface area contributed by atoms with Crippen LogP contribution in [0.1, 0.15) is 61.8 Å². The molecule has 20 heavy (non-hydrogen) atoms. The molecular formula is C20H25. The standard InChI is InChI=1S/C20H25/c1-13(2)17-10-18(14(3)4)12-20(11-17)19-8-15(5)7-16(6)9-19/h7-9,11-14H,1-6H3. The number of rotatable bonds is 3. The van der Waals surface area contributed by atoms with Gasteiger partial charge in [0.2, 0.25) is 0 Å². The molecule has 0 fully saturated rings. The highest BCUT2D eigenvalue weighted by Gasteiger charge is 2.09. The maximum absolute atomic E-state index is 3.58.